The van der Waals surface area contributed by atoms with Gasteiger partial charge in [-0.2, -0.15) is 13.2 Å². The summed E-state index contributed by atoms with van der Waals surface area (Å²) >= 11 is 1.29. The van der Waals surface area contributed by atoms with Crippen molar-refractivity contribution in [2.24, 2.45) is 0 Å². The number of hydrogen-bond donors (Lipinski definition) is 0. The molecule has 0 spiro atoms. The number of fused-ring (bicyclic) bond motifs is 3. The Bertz CT molecular complexity index is 1440. The molecule has 0 fully saturated rings. The fourth-order valence-electron chi connectivity index (χ4n) is 4.32. The summed E-state index contributed by atoms with van der Waals surface area (Å²) in [5.74, 6) is 0.112. The van der Waals surface area contributed by atoms with Gasteiger partial charge in [-0.3, -0.25) is 14.5 Å². The molecule has 6 nitrogen and oxygen atoms in total. The number of anilines is 2. The van der Waals surface area contributed by atoms with Crippen molar-refractivity contribution in [2.45, 2.75) is 22.4 Å². The number of carbonyl (C=O) groups is 2. The topological polar surface area (TPSA) is 59.1 Å². The molecular weight excluding hydrogens is 505 g/mol. The SMILES string of the molecule is COc1cc2c(cc1OC)CC(=O)N(CC(=O)N1c3ccccc3Sc3ccc(C(F)(F)F)cc31)C=C2. The minimum absolute atomic E-state index is 0.0111. The number of benzene rings is 3. The fourth-order valence-corrected chi connectivity index (χ4v) is 5.36. The standard InChI is InChI=1S/C27H21F3N2O4S/c1-35-21-11-16-9-10-31(25(33)13-17(16)12-22(21)36-2)15-26(34)32-19-5-3-4-6-23(19)37-24-8-7-18(14-20(24)32)27(28,29)30/h3-12,14H,13,15H2,1-2H3. The van der Waals surface area contributed by atoms with E-state index in [-0.39, 0.29) is 24.6 Å². The van der Waals surface area contributed by atoms with Crippen LogP contribution in [0.15, 0.2) is 70.6 Å². The zero-order valence-electron chi connectivity index (χ0n) is 19.8. The molecule has 0 aromatic heterocycles. The summed E-state index contributed by atoms with van der Waals surface area (Å²) in [5.41, 5.74) is 1.18. The van der Waals surface area contributed by atoms with Crippen molar-refractivity contribution in [2.75, 3.05) is 25.7 Å². The van der Waals surface area contributed by atoms with Gasteiger partial charge in [-0.15, -0.1) is 0 Å². The molecule has 2 amide bonds. The van der Waals surface area contributed by atoms with E-state index < -0.39 is 17.6 Å². The van der Waals surface area contributed by atoms with Crippen LogP contribution >= 0.6 is 11.8 Å². The van der Waals surface area contributed by atoms with Crippen molar-refractivity contribution in [3.63, 3.8) is 0 Å². The number of halogens is 3. The highest BCUT2D eigenvalue weighted by molar-refractivity contribution is 7.99. The number of amides is 2. The minimum Gasteiger partial charge on any atom is -0.493 e. The summed E-state index contributed by atoms with van der Waals surface area (Å²) in [4.78, 5) is 30.5. The second kappa shape index (κ2) is 9.51. The van der Waals surface area contributed by atoms with Gasteiger partial charge in [0.05, 0.1) is 37.6 Å². The first-order chi connectivity index (χ1) is 17.7. The zero-order valence-corrected chi connectivity index (χ0v) is 20.7. The van der Waals surface area contributed by atoms with Crippen LogP contribution in [0.2, 0.25) is 0 Å². The number of rotatable bonds is 4. The average Bonchev–Trinajstić information content (AvgIpc) is 3.03. The molecule has 0 radical (unpaired) electrons. The third kappa shape index (κ3) is 4.64. The zero-order chi connectivity index (χ0) is 26.3. The van der Waals surface area contributed by atoms with Crippen LogP contribution in [0.5, 0.6) is 11.5 Å². The molecule has 10 heteroatoms. The van der Waals surface area contributed by atoms with Crippen molar-refractivity contribution in [3.8, 4) is 11.5 Å². The molecule has 5 rings (SSSR count). The van der Waals surface area contributed by atoms with Crippen molar-refractivity contribution < 1.29 is 32.2 Å². The molecule has 0 atom stereocenters. The van der Waals surface area contributed by atoms with Gasteiger partial charge < -0.3 is 14.4 Å². The third-order valence-corrected chi connectivity index (χ3v) is 7.28. The first-order valence-electron chi connectivity index (χ1n) is 11.2. The summed E-state index contributed by atoms with van der Waals surface area (Å²) < 4.78 is 51.2. The first-order valence-corrected chi connectivity index (χ1v) is 12.0. The highest BCUT2D eigenvalue weighted by Crippen LogP contribution is 2.49. The Labute approximate surface area is 215 Å². The number of ether oxygens (including phenoxy) is 2. The second-order valence-corrected chi connectivity index (χ2v) is 9.48. The van der Waals surface area contributed by atoms with E-state index in [0.717, 1.165) is 22.6 Å². The summed E-state index contributed by atoms with van der Waals surface area (Å²) in [6, 6.07) is 13.8. The maximum absolute atomic E-state index is 13.7. The Kier molecular flexibility index (Phi) is 6.36. The Hall–Kier alpha value is -3.92. The maximum Gasteiger partial charge on any atom is 0.416 e. The van der Waals surface area contributed by atoms with E-state index in [9.17, 15) is 22.8 Å². The van der Waals surface area contributed by atoms with Crippen LogP contribution < -0.4 is 14.4 Å². The highest BCUT2D eigenvalue weighted by Gasteiger charge is 2.35. The summed E-state index contributed by atoms with van der Waals surface area (Å²) in [6.45, 7) is -0.355. The average molecular weight is 527 g/mol. The van der Waals surface area contributed by atoms with Crippen LogP contribution in [-0.4, -0.2) is 37.5 Å². The molecule has 2 heterocycles. The molecule has 0 bridgehead atoms. The second-order valence-electron chi connectivity index (χ2n) is 8.40. The molecule has 0 saturated carbocycles. The number of alkyl halides is 3. The molecule has 37 heavy (non-hydrogen) atoms. The Morgan fingerprint density at radius 3 is 2.41 bits per heavy atom. The van der Waals surface area contributed by atoms with E-state index in [2.05, 4.69) is 0 Å². The van der Waals surface area contributed by atoms with Crippen molar-refractivity contribution >= 4 is 41.0 Å². The van der Waals surface area contributed by atoms with E-state index in [0.29, 0.717) is 27.6 Å². The summed E-state index contributed by atoms with van der Waals surface area (Å²) in [6.07, 6.45) is -1.35. The smallest absolute Gasteiger partial charge is 0.416 e. The van der Waals surface area contributed by atoms with Crippen LogP contribution in [0.25, 0.3) is 6.08 Å². The van der Waals surface area contributed by atoms with Crippen molar-refractivity contribution in [1.29, 1.82) is 0 Å². The molecule has 0 saturated heterocycles. The number of carbonyl (C=O) groups excluding carboxylic acids is 2. The molecule has 190 valence electrons. The monoisotopic (exact) mass is 526 g/mol. The summed E-state index contributed by atoms with van der Waals surface area (Å²) in [7, 11) is 3.01. The maximum atomic E-state index is 13.7. The lowest BCUT2D eigenvalue weighted by Gasteiger charge is -2.32. The van der Waals surface area contributed by atoms with E-state index in [4.69, 9.17) is 9.47 Å². The quantitative estimate of drug-likeness (QED) is 0.423. The largest absolute Gasteiger partial charge is 0.493 e. The molecule has 0 aliphatic carbocycles. The van der Waals surface area contributed by atoms with Crippen LogP contribution in [0.3, 0.4) is 0 Å². The van der Waals surface area contributed by atoms with Gasteiger partial charge in [0.15, 0.2) is 11.5 Å². The lowest BCUT2D eigenvalue weighted by atomic mass is 10.0. The van der Waals surface area contributed by atoms with Crippen molar-refractivity contribution in [3.05, 3.63) is 77.5 Å². The minimum atomic E-state index is -4.57. The molecule has 2 aliphatic rings. The van der Waals surface area contributed by atoms with Crippen LogP contribution in [0, 0.1) is 0 Å². The van der Waals surface area contributed by atoms with E-state index in [1.165, 1.54) is 48.0 Å². The molecule has 3 aromatic carbocycles. The number of methoxy groups -OCH3 is 2. The van der Waals surface area contributed by atoms with E-state index in [1.807, 2.05) is 0 Å². The Balaban J connectivity index is 1.48. The van der Waals surface area contributed by atoms with E-state index in [1.54, 1.807) is 42.5 Å². The molecule has 3 aromatic rings. The highest BCUT2D eigenvalue weighted by atomic mass is 32.2. The van der Waals surface area contributed by atoms with Gasteiger partial charge in [0.1, 0.15) is 6.54 Å². The first kappa shape index (κ1) is 24.8. The number of para-hydroxylation sites is 1. The van der Waals surface area contributed by atoms with Gasteiger partial charge >= 0.3 is 6.18 Å². The van der Waals surface area contributed by atoms with Gasteiger partial charge in [0, 0.05) is 16.0 Å². The van der Waals surface area contributed by atoms with Crippen LogP contribution in [0.1, 0.15) is 16.7 Å². The molecule has 0 N–H and O–H groups in total. The predicted octanol–water partition coefficient (Wildman–Crippen LogP) is 5.91. The lowest BCUT2D eigenvalue weighted by Crippen LogP contribution is -2.39. The van der Waals surface area contributed by atoms with Gasteiger partial charge in [0.2, 0.25) is 5.91 Å². The Morgan fingerprint density at radius 1 is 0.973 bits per heavy atom. The summed E-state index contributed by atoms with van der Waals surface area (Å²) in [5, 5.41) is 0. The number of hydrogen-bond acceptors (Lipinski definition) is 5. The van der Waals surface area contributed by atoms with E-state index >= 15 is 0 Å². The molecular formula is C27H21F3N2O4S. The molecule has 2 aliphatic heterocycles. The van der Waals surface area contributed by atoms with Gasteiger partial charge in [-0.05, 0) is 59.7 Å². The molecule has 0 unspecified atom stereocenters. The fraction of sp³-hybridized carbons (Fsp3) is 0.185. The van der Waals surface area contributed by atoms with Gasteiger partial charge in [-0.25, -0.2) is 0 Å². The Morgan fingerprint density at radius 2 is 1.68 bits per heavy atom. The third-order valence-electron chi connectivity index (χ3n) is 6.15. The lowest BCUT2D eigenvalue weighted by molar-refractivity contribution is -0.137. The normalized spacial score (nSPS) is 14.5. The number of nitrogens with zero attached hydrogens (tertiary/aromatic N) is 2. The van der Waals surface area contributed by atoms with Crippen molar-refractivity contribution in [1.82, 2.24) is 4.90 Å². The van der Waals surface area contributed by atoms with Crippen LogP contribution in [-0.2, 0) is 22.2 Å². The van der Waals surface area contributed by atoms with Crippen LogP contribution in [0.4, 0.5) is 24.5 Å². The predicted molar refractivity (Wildman–Crippen MR) is 133 cm³/mol. The van der Waals surface area contributed by atoms with Gasteiger partial charge in [0.25, 0.3) is 5.91 Å². The van der Waals surface area contributed by atoms with Gasteiger partial charge in [-0.1, -0.05) is 23.9 Å².